The Kier molecular flexibility index (Phi) is 6.54. The number of thiocarbonyl (C=S) groups is 1. The fourth-order valence-electron chi connectivity index (χ4n) is 4.74. The Hall–Kier alpha value is -4.20. The number of aromatic nitrogens is 2. The molecule has 1 fully saturated rings. The first kappa shape index (κ1) is 24.2. The molecule has 1 aliphatic heterocycles. The van der Waals surface area contributed by atoms with Gasteiger partial charge in [-0.2, -0.15) is 0 Å². The van der Waals surface area contributed by atoms with E-state index in [0.29, 0.717) is 5.11 Å². The first-order valence-electron chi connectivity index (χ1n) is 12.0. The van der Waals surface area contributed by atoms with E-state index in [9.17, 15) is 4.39 Å². The molecule has 0 spiro atoms. The third kappa shape index (κ3) is 4.62. The molecule has 3 aromatic carbocycles. The van der Waals surface area contributed by atoms with E-state index in [0.717, 1.165) is 34.3 Å². The van der Waals surface area contributed by atoms with E-state index in [4.69, 9.17) is 28.6 Å². The molecule has 2 aromatic heterocycles. The summed E-state index contributed by atoms with van der Waals surface area (Å²) in [7, 11) is 0. The summed E-state index contributed by atoms with van der Waals surface area (Å²) in [5, 5.41) is 4.12. The second-order valence-corrected chi connectivity index (χ2v) is 9.60. The standard InChI is InChI=1S/C30H22ClFN4OS/c31-24-19-21(13-16-25(24)32)35-18-6-10-27(35)29-28(26-9-4-5-17-33-26)34-30(38)36(29)20-11-14-23(15-12-20)37-22-7-2-1-3-8-22/h1-19,28-29H,(H,34,38)/t28-,29+/m0/s1. The lowest BCUT2D eigenvalue weighted by Crippen LogP contribution is -2.30. The number of hydrogen-bond acceptors (Lipinski definition) is 3. The van der Waals surface area contributed by atoms with Gasteiger partial charge in [-0.15, -0.1) is 0 Å². The molecule has 1 N–H and O–H groups in total. The van der Waals surface area contributed by atoms with Crippen molar-refractivity contribution in [1.82, 2.24) is 14.9 Å². The van der Waals surface area contributed by atoms with Gasteiger partial charge in [0.25, 0.3) is 0 Å². The van der Waals surface area contributed by atoms with Crippen LogP contribution >= 0.6 is 23.8 Å². The van der Waals surface area contributed by atoms with Crippen molar-refractivity contribution in [1.29, 1.82) is 0 Å². The Bertz CT molecular complexity index is 1580. The Morgan fingerprint density at radius 1 is 0.842 bits per heavy atom. The van der Waals surface area contributed by atoms with Gasteiger partial charge in [-0.25, -0.2) is 4.39 Å². The predicted molar refractivity (Wildman–Crippen MR) is 152 cm³/mol. The maximum absolute atomic E-state index is 13.9. The summed E-state index contributed by atoms with van der Waals surface area (Å²) < 4.78 is 21.9. The number of ether oxygens (including phenoxy) is 1. The number of benzene rings is 3. The Balaban J connectivity index is 1.41. The van der Waals surface area contributed by atoms with Crippen LogP contribution in [0, 0.1) is 5.82 Å². The molecule has 38 heavy (non-hydrogen) atoms. The highest BCUT2D eigenvalue weighted by molar-refractivity contribution is 7.80. The normalized spacial score (nSPS) is 16.9. The van der Waals surface area contributed by atoms with Crippen LogP contribution in [0.3, 0.4) is 0 Å². The van der Waals surface area contributed by atoms with Crippen molar-refractivity contribution in [3.05, 3.63) is 138 Å². The average molecular weight is 541 g/mol. The smallest absolute Gasteiger partial charge is 0.174 e. The molecular formula is C30H22ClFN4OS. The van der Waals surface area contributed by atoms with Gasteiger partial charge in [-0.3, -0.25) is 4.98 Å². The lowest BCUT2D eigenvalue weighted by Gasteiger charge is -2.29. The van der Waals surface area contributed by atoms with E-state index in [-0.39, 0.29) is 17.1 Å². The molecule has 0 saturated carbocycles. The minimum absolute atomic E-state index is 0.0642. The maximum atomic E-state index is 13.9. The van der Waals surface area contributed by atoms with Crippen molar-refractivity contribution >= 4 is 34.6 Å². The van der Waals surface area contributed by atoms with Crippen LogP contribution in [0.1, 0.15) is 23.5 Å². The molecule has 0 unspecified atom stereocenters. The highest BCUT2D eigenvalue weighted by Crippen LogP contribution is 2.42. The van der Waals surface area contributed by atoms with Crippen LogP contribution < -0.4 is 15.0 Å². The second-order valence-electron chi connectivity index (χ2n) is 8.81. The number of pyridine rings is 1. The zero-order valence-corrected chi connectivity index (χ0v) is 21.6. The fourth-order valence-corrected chi connectivity index (χ4v) is 5.26. The number of para-hydroxylation sites is 1. The third-order valence-electron chi connectivity index (χ3n) is 6.46. The first-order chi connectivity index (χ1) is 18.6. The summed E-state index contributed by atoms with van der Waals surface area (Å²) >= 11 is 12.0. The molecule has 0 aliphatic carbocycles. The molecular weight excluding hydrogens is 519 g/mol. The van der Waals surface area contributed by atoms with Crippen molar-refractivity contribution < 1.29 is 9.13 Å². The van der Waals surface area contributed by atoms with Gasteiger partial charge in [0.1, 0.15) is 23.4 Å². The van der Waals surface area contributed by atoms with Crippen molar-refractivity contribution in [3.8, 4) is 17.2 Å². The second kappa shape index (κ2) is 10.3. The van der Waals surface area contributed by atoms with E-state index in [2.05, 4.69) is 15.2 Å². The number of nitrogens with zero attached hydrogens (tertiary/aromatic N) is 3. The van der Waals surface area contributed by atoms with E-state index < -0.39 is 5.82 Å². The van der Waals surface area contributed by atoms with Crippen molar-refractivity contribution in [2.24, 2.45) is 0 Å². The van der Waals surface area contributed by atoms with Gasteiger partial charge < -0.3 is 19.5 Å². The van der Waals surface area contributed by atoms with E-state index in [1.54, 1.807) is 18.3 Å². The first-order valence-corrected chi connectivity index (χ1v) is 12.8. The molecule has 3 heterocycles. The van der Waals surface area contributed by atoms with Crippen molar-refractivity contribution in [2.75, 3.05) is 4.90 Å². The van der Waals surface area contributed by atoms with Crippen LogP contribution in [-0.4, -0.2) is 14.7 Å². The molecule has 188 valence electrons. The van der Waals surface area contributed by atoms with Crippen LogP contribution in [0.2, 0.25) is 5.02 Å². The molecule has 1 aliphatic rings. The van der Waals surface area contributed by atoms with E-state index in [1.165, 1.54) is 6.07 Å². The number of halogens is 2. The lowest BCUT2D eigenvalue weighted by molar-refractivity contribution is 0.482. The zero-order valence-electron chi connectivity index (χ0n) is 20.0. The van der Waals surface area contributed by atoms with Crippen LogP contribution in [-0.2, 0) is 0 Å². The molecule has 5 nitrogen and oxygen atoms in total. The number of rotatable bonds is 6. The number of hydrogen-bond donors (Lipinski definition) is 1. The maximum Gasteiger partial charge on any atom is 0.174 e. The number of nitrogens with one attached hydrogen (secondary N) is 1. The van der Waals surface area contributed by atoms with Gasteiger partial charge in [0.2, 0.25) is 0 Å². The summed E-state index contributed by atoms with van der Waals surface area (Å²) in [5.41, 5.74) is 3.45. The van der Waals surface area contributed by atoms with Gasteiger partial charge >= 0.3 is 0 Å². The Labute approximate surface area is 230 Å². The monoisotopic (exact) mass is 540 g/mol. The molecule has 5 aromatic rings. The lowest BCUT2D eigenvalue weighted by atomic mass is 10.0. The quantitative estimate of drug-likeness (QED) is 0.224. The minimum atomic E-state index is -0.460. The van der Waals surface area contributed by atoms with Gasteiger partial charge in [0, 0.05) is 29.5 Å². The molecule has 0 bridgehead atoms. The van der Waals surface area contributed by atoms with Crippen LogP contribution in [0.4, 0.5) is 10.1 Å². The van der Waals surface area contributed by atoms with E-state index in [1.807, 2.05) is 95.7 Å². The van der Waals surface area contributed by atoms with Crippen molar-refractivity contribution in [2.45, 2.75) is 12.1 Å². The highest BCUT2D eigenvalue weighted by atomic mass is 35.5. The summed E-state index contributed by atoms with van der Waals surface area (Å²) in [4.78, 5) is 6.71. The Morgan fingerprint density at radius 2 is 1.58 bits per heavy atom. The predicted octanol–water partition coefficient (Wildman–Crippen LogP) is 7.63. The summed E-state index contributed by atoms with van der Waals surface area (Å²) in [6, 6.07) is 31.5. The molecule has 0 amide bonds. The fraction of sp³-hybridized carbons (Fsp3) is 0.0667. The summed E-state index contributed by atoms with van der Waals surface area (Å²) in [6.45, 7) is 0. The largest absolute Gasteiger partial charge is 0.457 e. The number of anilines is 1. The van der Waals surface area contributed by atoms with Gasteiger partial charge in [0.05, 0.1) is 16.8 Å². The van der Waals surface area contributed by atoms with Crippen LogP contribution in [0.15, 0.2) is 116 Å². The molecule has 0 radical (unpaired) electrons. The zero-order chi connectivity index (χ0) is 26.1. The SMILES string of the molecule is Fc1ccc(-n2cccc2[C@@H]2[C@H](c3ccccn3)NC(=S)N2c2ccc(Oc3ccccc3)cc2)cc1Cl. The molecule has 8 heteroatoms. The Morgan fingerprint density at radius 3 is 2.32 bits per heavy atom. The minimum Gasteiger partial charge on any atom is -0.457 e. The van der Waals surface area contributed by atoms with Crippen LogP contribution in [0.25, 0.3) is 5.69 Å². The third-order valence-corrected chi connectivity index (χ3v) is 7.06. The van der Waals surface area contributed by atoms with Gasteiger partial charge in [-0.1, -0.05) is 35.9 Å². The highest BCUT2D eigenvalue weighted by Gasteiger charge is 2.42. The van der Waals surface area contributed by atoms with Crippen LogP contribution in [0.5, 0.6) is 11.5 Å². The average Bonchev–Trinajstić information content (AvgIpc) is 3.56. The molecule has 6 rings (SSSR count). The van der Waals surface area contributed by atoms with E-state index >= 15 is 0 Å². The van der Waals surface area contributed by atoms with Gasteiger partial charge in [-0.05, 0) is 91.1 Å². The van der Waals surface area contributed by atoms with Gasteiger partial charge in [0.15, 0.2) is 5.11 Å². The topological polar surface area (TPSA) is 42.3 Å². The summed E-state index contributed by atoms with van der Waals surface area (Å²) in [5.74, 6) is 1.03. The summed E-state index contributed by atoms with van der Waals surface area (Å²) in [6.07, 6.45) is 3.71. The van der Waals surface area contributed by atoms with Crippen molar-refractivity contribution in [3.63, 3.8) is 0 Å². The molecule has 2 atom stereocenters. The molecule has 1 saturated heterocycles.